The van der Waals surface area contributed by atoms with E-state index in [1.165, 1.54) is 0 Å². The Kier molecular flexibility index (Phi) is 6.58. The molecule has 0 saturated carbocycles. The van der Waals surface area contributed by atoms with E-state index in [0.29, 0.717) is 16.9 Å². The van der Waals surface area contributed by atoms with Crippen LogP contribution in [-0.2, 0) is 14.9 Å². The fourth-order valence-electron chi connectivity index (χ4n) is 2.84. The second-order valence-electron chi connectivity index (χ2n) is 7.54. The van der Waals surface area contributed by atoms with Gasteiger partial charge in [0.25, 0.3) is 0 Å². The molecule has 0 bridgehead atoms. The van der Waals surface area contributed by atoms with Crippen LogP contribution in [-0.4, -0.2) is 24.5 Å². The monoisotopic (exact) mass is 379 g/mol. The summed E-state index contributed by atoms with van der Waals surface area (Å²) in [5.41, 5.74) is -1.26. The molecule has 0 spiro atoms. The summed E-state index contributed by atoms with van der Waals surface area (Å²) in [6.07, 6.45) is 0.0707. The van der Waals surface area contributed by atoms with Crippen LogP contribution in [0.2, 0.25) is 0 Å². The molecule has 28 heavy (non-hydrogen) atoms. The second-order valence-corrected chi connectivity index (χ2v) is 7.54. The van der Waals surface area contributed by atoms with Gasteiger partial charge in [-0.3, -0.25) is 4.79 Å². The number of methoxy groups -OCH3 is 1. The Morgan fingerprint density at radius 3 is 2.11 bits per heavy atom. The molecule has 0 fully saturated rings. The number of esters is 1. The van der Waals surface area contributed by atoms with Gasteiger partial charge in [0.1, 0.15) is 11.4 Å². The minimum atomic E-state index is -1.54. The van der Waals surface area contributed by atoms with Gasteiger partial charge in [-0.2, -0.15) is 5.26 Å². The topological polar surface area (TPSA) is 76.4 Å². The van der Waals surface area contributed by atoms with Crippen molar-refractivity contribution in [2.75, 3.05) is 7.11 Å². The first-order valence-corrected chi connectivity index (χ1v) is 9.09. The lowest BCUT2D eigenvalue weighted by Gasteiger charge is -2.29. The molecule has 5 heteroatoms. The third kappa shape index (κ3) is 4.98. The van der Waals surface area contributed by atoms with Gasteiger partial charge in [0.2, 0.25) is 0 Å². The smallest absolute Gasteiger partial charge is 0.331 e. The Bertz CT molecular complexity index is 860. The molecule has 146 valence electrons. The number of hydrogen-bond acceptors (Lipinski definition) is 5. The first-order valence-electron chi connectivity index (χ1n) is 9.09. The zero-order valence-corrected chi connectivity index (χ0v) is 16.7. The molecule has 0 amide bonds. The maximum absolute atomic E-state index is 13.0. The van der Waals surface area contributed by atoms with Crippen molar-refractivity contribution in [3.05, 3.63) is 65.7 Å². The van der Waals surface area contributed by atoms with Crippen molar-refractivity contribution >= 4 is 11.8 Å². The van der Waals surface area contributed by atoms with Crippen molar-refractivity contribution in [1.29, 1.82) is 5.26 Å². The van der Waals surface area contributed by atoms with Crippen molar-refractivity contribution < 1.29 is 19.1 Å². The molecule has 2 aromatic carbocycles. The molecule has 0 aliphatic rings. The maximum Gasteiger partial charge on any atom is 0.331 e. The first-order chi connectivity index (χ1) is 13.2. The van der Waals surface area contributed by atoms with Crippen LogP contribution in [0, 0.1) is 11.3 Å². The van der Waals surface area contributed by atoms with Gasteiger partial charge in [0.05, 0.1) is 13.2 Å². The SMILES string of the molecule is COc1ccc(C(=O)CC[C@@](C#N)(C(=O)OC(C)(C)C)c2ccccc2)cc1. The highest BCUT2D eigenvalue weighted by Gasteiger charge is 2.44. The number of rotatable bonds is 7. The molecular formula is C23H25NO4. The molecule has 2 rings (SSSR count). The Hall–Kier alpha value is -3.13. The van der Waals surface area contributed by atoms with E-state index in [-0.39, 0.29) is 18.6 Å². The fraction of sp³-hybridized carbons (Fsp3) is 0.348. The summed E-state index contributed by atoms with van der Waals surface area (Å²) in [5, 5.41) is 9.97. The molecule has 0 N–H and O–H groups in total. The number of carbonyl (C=O) groups excluding carboxylic acids is 2. The zero-order valence-electron chi connectivity index (χ0n) is 16.7. The van der Waals surface area contributed by atoms with Gasteiger partial charge < -0.3 is 9.47 Å². The number of nitriles is 1. The summed E-state index contributed by atoms with van der Waals surface area (Å²) in [5.74, 6) is -0.140. The minimum Gasteiger partial charge on any atom is -0.497 e. The number of nitrogens with zero attached hydrogens (tertiary/aromatic N) is 1. The van der Waals surface area contributed by atoms with E-state index < -0.39 is 17.0 Å². The first kappa shape index (κ1) is 21.2. The highest BCUT2D eigenvalue weighted by atomic mass is 16.6. The Labute approximate surface area is 165 Å². The molecule has 0 radical (unpaired) electrons. The summed E-state index contributed by atoms with van der Waals surface area (Å²) < 4.78 is 10.6. The van der Waals surface area contributed by atoms with Crippen molar-refractivity contribution in [2.24, 2.45) is 0 Å². The van der Waals surface area contributed by atoms with Crippen LogP contribution in [0.25, 0.3) is 0 Å². The fourth-order valence-corrected chi connectivity index (χ4v) is 2.84. The number of benzene rings is 2. The summed E-state index contributed by atoms with van der Waals surface area (Å²) in [6, 6.07) is 17.6. The molecule has 0 aliphatic heterocycles. The summed E-state index contributed by atoms with van der Waals surface area (Å²) >= 11 is 0. The second kappa shape index (κ2) is 8.71. The number of carbonyl (C=O) groups is 2. The Morgan fingerprint density at radius 2 is 1.61 bits per heavy atom. The average molecular weight is 379 g/mol. The Morgan fingerprint density at radius 1 is 1.00 bits per heavy atom. The van der Waals surface area contributed by atoms with Crippen molar-refractivity contribution in [1.82, 2.24) is 0 Å². The summed E-state index contributed by atoms with van der Waals surface area (Å²) in [4.78, 5) is 25.6. The van der Waals surface area contributed by atoms with E-state index in [0.717, 1.165) is 0 Å². The van der Waals surface area contributed by atoms with Gasteiger partial charge in [-0.05, 0) is 57.0 Å². The van der Waals surface area contributed by atoms with Crippen LogP contribution < -0.4 is 4.74 Å². The highest BCUT2D eigenvalue weighted by molar-refractivity contribution is 5.97. The largest absolute Gasteiger partial charge is 0.497 e. The van der Waals surface area contributed by atoms with Gasteiger partial charge in [0.15, 0.2) is 11.2 Å². The van der Waals surface area contributed by atoms with Gasteiger partial charge in [-0.1, -0.05) is 30.3 Å². The van der Waals surface area contributed by atoms with Crippen LogP contribution >= 0.6 is 0 Å². The van der Waals surface area contributed by atoms with Crippen LogP contribution in [0.3, 0.4) is 0 Å². The molecule has 1 atom stereocenters. The molecule has 0 aromatic heterocycles. The molecule has 0 saturated heterocycles. The standard InChI is InChI=1S/C23H25NO4/c1-22(2,3)28-21(26)23(16-24,18-8-6-5-7-9-18)15-14-20(25)17-10-12-19(27-4)13-11-17/h5-13H,14-15H2,1-4H3/t23-/m0/s1. The zero-order chi connectivity index (χ0) is 20.8. The van der Waals surface area contributed by atoms with Gasteiger partial charge in [-0.15, -0.1) is 0 Å². The van der Waals surface area contributed by atoms with E-state index in [4.69, 9.17) is 9.47 Å². The third-order valence-electron chi connectivity index (χ3n) is 4.34. The van der Waals surface area contributed by atoms with E-state index in [1.54, 1.807) is 76.4 Å². The van der Waals surface area contributed by atoms with E-state index in [1.807, 2.05) is 6.07 Å². The lowest BCUT2D eigenvalue weighted by Crippen LogP contribution is -2.40. The maximum atomic E-state index is 13.0. The van der Waals surface area contributed by atoms with E-state index >= 15 is 0 Å². The number of ketones is 1. The predicted octanol–water partition coefficient (Wildman–Crippen LogP) is 4.46. The van der Waals surface area contributed by atoms with E-state index in [9.17, 15) is 14.9 Å². The number of Topliss-reactive ketones (excluding diaryl/α,β-unsaturated/α-hetero) is 1. The molecular weight excluding hydrogens is 354 g/mol. The molecule has 0 heterocycles. The van der Waals surface area contributed by atoms with Crippen LogP contribution in [0.5, 0.6) is 5.75 Å². The quantitative estimate of drug-likeness (QED) is 0.524. The van der Waals surface area contributed by atoms with Crippen molar-refractivity contribution in [3.63, 3.8) is 0 Å². The summed E-state index contributed by atoms with van der Waals surface area (Å²) in [7, 11) is 1.55. The number of ether oxygens (including phenoxy) is 2. The lowest BCUT2D eigenvalue weighted by molar-refractivity contribution is -0.160. The highest BCUT2D eigenvalue weighted by Crippen LogP contribution is 2.33. The molecule has 5 nitrogen and oxygen atoms in total. The molecule has 2 aromatic rings. The normalized spacial score (nSPS) is 13.1. The van der Waals surface area contributed by atoms with Crippen LogP contribution in [0.1, 0.15) is 49.5 Å². The molecule has 0 aliphatic carbocycles. The van der Waals surface area contributed by atoms with Gasteiger partial charge in [0, 0.05) is 12.0 Å². The van der Waals surface area contributed by atoms with Gasteiger partial charge >= 0.3 is 5.97 Å². The van der Waals surface area contributed by atoms with Crippen molar-refractivity contribution in [2.45, 2.75) is 44.6 Å². The van der Waals surface area contributed by atoms with Crippen LogP contribution in [0.15, 0.2) is 54.6 Å². The summed E-state index contributed by atoms with van der Waals surface area (Å²) in [6.45, 7) is 5.25. The average Bonchev–Trinajstić information content (AvgIpc) is 2.68. The predicted molar refractivity (Wildman–Crippen MR) is 106 cm³/mol. The molecule has 0 unspecified atom stereocenters. The minimum absolute atomic E-state index is 0.0350. The van der Waals surface area contributed by atoms with Gasteiger partial charge in [-0.25, -0.2) is 4.79 Å². The van der Waals surface area contributed by atoms with Crippen molar-refractivity contribution in [3.8, 4) is 11.8 Å². The van der Waals surface area contributed by atoms with Crippen LogP contribution in [0.4, 0.5) is 0 Å². The van der Waals surface area contributed by atoms with E-state index in [2.05, 4.69) is 6.07 Å². The Balaban J connectivity index is 2.30. The third-order valence-corrected chi connectivity index (χ3v) is 4.34. The number of hydrogen-bond donors (Lipinski definition) is 0. The lowest BCUT2D eigenvalue weighted by atomic mass is 9.77.